The van der Waals surface area contributed by atoms with Crippen molar-refractivity contribution in [2.75, 3.05) is 6.61 Å². The molecule has 302 valence electrons. The van der Waals surface area contributed by atoms with E-state index in [1.807, 2.05) is 6.92 Å². The van der Waals surface area contributed by atoms with E-state index in [4.69, 9.17) is 9.47 Å². The Morgan fingerprint density at radius 2 is 1.19 bits per heavy atom. The minimum absolute atomic E-state index is 0.109. The second-order valence-electron chi connectivity index (χ2n) is 14.1. The number of aryl methyl sites for hydroxylation is 1. The quantitative estimate of drug-likeness (QED) is 0.0581. The van der Waals surface area contributed by atoms with Gasteiger partial charge in [-0.05, 0) is 104 Å². The largest absolute Gasteiger partial charge is 0.744 e. The first-order valence-electron chi connectivity index (χ1n) is 19.9. The molecule has 2 unspecified atom stereocenters. The van der Waals surface area contributed by atoms with E-state index in [0.29, 0.717) is 6.61 Å². The standard InChI is InChI=1S/C44H43O2S2.C7H8O3S/c1-4-6-30-45-43-32-40(27-29-44(43)47-37-24-22-35(23-25-37)34-16-10-7-11-17-34)48(38-20-14-9-15-21-38)39-26-28-41(36-18-12-8-13-19-36)42(31-39)46-33(3)5-2;1-6-2-4-7(5-3-6)11(8,9)10/h7-29,31-33H,4-6,30H2,1-3H3;2-5H,1H3,(H,8,9,10)/q+1;/p-1. The van der Waals surface area contributed by atoms with E-state index < -0.39 is 10.1 Å². The first-order valence-corrected chi connectivity index (χ1v) is 23.4. The Labute approximate surface area is 357 Å². The SMILES string of the molecule is CCCCOc1cc([S+](c2ccccc2)c2ccc(-c3ccccc3)c(OC(C)CC)c2)ccc1Sc1ccc(-c2ccccc2)cc1.Cc1ccc(S(=O)(=O)[O-])cc1. The molecule has 0 aliphatic carbocycles. The fraction of sp³-hybridized carbons (Fsp3) is 0.176. The van der Waals surface area contributed by atoms with E-state index in [1.54, 1.807) is 23.9 Å². The summed E-state index contributed by atoms with van der Waals surface area (Å²) >= 11 is 1.76. The fourth-order valence-corrected chi connectivity index (χ4v) is 9.62. The molecule has 0 fully saturated rings. The Bertz CT molecular complexity index is 2480. The molecule has 0 amide bonds. The summed E-state index contributed by atoms with van der Waals surface area (Å²) in [6.07, 6.45) is 3.15. The van der Waals surface area contributed by atoms with Crippen molar-refractivity contribution >= 4 is 32.8 Å². The second kappa shape index (κ2) is 21.1. The zero-order valence-electron chi connectivity index (χ0n) is 33.9. The van der Waals surface area contributed by atoms with Gasteiger partial charge in [0.2, 0.25) is 0 Å². The van der Waals surface area contributed by atoms with Gasteiger partial charge in [0, 0.05) is 22.6 Å². The van der Waals surface area contributed by atoms with Crippen molar-refractivity contribution < 1.29 is 22.4 Å². The van der Waals surface area contributed by atoms with Crippen molar-refractivity contribution in [3.8, 4) is 33.8 Å². The molecule has 0 aliphatic rings. The molecule has 0 saturated carbocycles. The number of unbranched alkanes of at least 4 members (excludes halogenated alkanes) is 1. The number of hydrogen-bond acceptors (Lipinski definition) is 6. The molecule has 7 rings (SSSR count). The number of hydrogen-bond donors (Lipinski definition) is 0. The third kappa shape index (κ3) is 12.1. The van der Waals surface area contributed by atoms with Gasteiger partial charge in [0.25, 0.3) is 0 Å². The lowest BCUT2D eigenvalue weighted by Gasteiger charge is -2.18. The zero-order chi connectivity index (χ0) is 41.6. The summed E-state index contributed by atoms with van der Waals surface area (Å²) < 4.78 is 44.3. The van der Waals surface area contributed by atoms with Crippen LogP contribution in [0.5, 0.6) is 11.5 Å². The van der Waals surface area contributed by atoms with Crippen LogP contribution in [0.4, 0.5) is 0 Å². The predicted molar refractivity (Wildman–Crippen MR) is 243 cm³/mol. The Morgan fingerprint density at radius 1 is 0.627 bits per heavy atom. The topological polar surface area (TPSA) is 75.7 Å². The van der Waals surface area contributed by atoms with Crippen molar-refractivity contribution in [3.05, 3.63) is 181 Å². The Morgan fingerprint density at radius 3 is 1.78 bits per heavy atom. The molecule has 8 heteroatoms. The summed E-state index contributed by atoms with van der Waals surface area (Å²) in [6, 6.07) is 60.0. The van der Waals surface area contributed by atoms with Crippen LogP contribution in [0.2, 0.25) is 0 Å². The van der Waals surface area contributed by atoms with Crippen LogP contribution in [0.25, 0.3) is 22.3 Å². The van der Waals surface area contributed by atoms with Gasteiger partial charge in [0.05, 0.1) is 33.4 Å². The predicted octanol–water partition coefficient (Wildman–Crippen LogP) is 13.5. The average molecular weight is 839 g/mol. The van der Waals surface area contributed by atoms with Crippen molar-refractivity contribution in [3.63, 3.8) is 0 Å². The van der Waals surface area contributed by atoms with Gasteiger partial charge < -0.3 is 14.0 Å². The Balaban J connectivity index is 0.000000461. The second-order valence-corrected chi connectivity index (χ2v) is 18.6. The summed E-state index contributed by atoms with van der Waals surface area (Å²) in [7, 11) is -4.64. The van der Waals surface area contributed by atoms with Gasteiger partial charge in [-0.1, -0.05) is 141 Å². The van der Waals surface area contributed by atoms with E-state index in [0.717, 1.165) is 52.3 Å². The van der Waals surface area contributed by atoms with Gasteiger partial charge in [-0.3, -0.25) is 0 Å². The van der Waals surface area contributed by atoms with Crippen LogP contribution in [0, 0.1) is 6.92 Å². The van der Waals surface area contributed by atoms with E-state index in [1.165, 1.54) is 42.8 Å². The summed E-state index contributed by atoms with van der Waals surface area (Å²) in [5, 5.41) is 0. The number of benzene rings is 7. The fourth-order valence-electron chi connectivity index (χ4n) is 6.17. The molecule has 5 nitrogen and oxygen atoms in total. The van der Waals surface area contributed by atoms with Gasteiger partial charge in [-0.15, -0.1) is 0 Å². The molecule has 0 radical (unpaired) electrons. The zero-order valence-corrected chi connectivity index (χ0v) is 36.4. The molecular weight excluding hydrogens is 789 g/mol. The Kier molecular flexibility index (Phi) is 15.5. The van der Waals surface area contributed by atoms with Gasteiger partial charge >= 0.3 is 0 Å². The Hall–Kier alpha value is -5.25. The van der Waals surface area contributed by atoms with Crippen LogP contribution >= 0.6 is 11.8 Å². The van der Waals surface area contributed by atoms with Crippen molar-refractivity contribution in [1.82, 2.24) is 0 Å². The maximum Gasteiger partial charge on any atom is 0.170 e. The first kappa shape index (κ1) is 43.3. The molecule has 0 aliphatic heterocycles. The summed E-state index contributed by atoms with van der Waals surface area (Å²) in [5.41, 5.74) is 5.65. The van der Waals surface area contributed by atoms with Gasteiger partial charge in [-0.25, -0.2) is 8.42 Å². The molecule has 0 spiro atoms. The number of rotatable bonds is 15. The van der Waals surface area contributed by atoms with Crippen LogP contribution in [-0.2, 0) is 21.0 Å². The average Bonchev–Trinajstić information content (AvgIpc) is 3.26. The van der Waals surface area contributed by atoms with Gasteiger partial charge in [-0.2, -0.15) is 0 Å². The van der Waals surface area contributed by atoms with Crippen LogP contribution in [0.3, 0.4) is 0 Å². The molecule has 7 aromatic carbocycles. The lowest BCUT2D eigenvalue weighted by atomic mass is 10.0. The van der Waals surface area contributed by atoms with Gasteiger partial charge in [0.1, 0.15) is 21.6 Å². The highest BCUT2D eigenvalue weighted by Gasteiger charge is 2.31. The maximum atomic E-state index is 10.4. The summed E-state index contributed by atoms with van der Waals surface area (Å²) in [6.45, 7) is 9.03. The van der Waals surface area contributed by atoms with Crippen LogP contribution in [-0.4, -0.2) is 25.7 Å². The van der Waals surface area contributed by atoms with Crippen molar-refractivity contribution in [2.24, 2.45) is 0 Å². The lowest BCUT2D eigenvalue weighted by Crippen LogP contribution is -2.12. The molecular formula is C51H50O5S3. The monoisotopic (exact) mass is 838 g/mol. The molecule has 2 atom stereocenters. The molecule has 7 aromatic rings. The minimum Gasteiger partial charge on any atom is -0.744 e. The van der Waals surface area contributed by atoms with Crippen LogP contribution < -0.4 is 9.47 Å². The first-order chi connectivity index (χ1) is 28.6. The highest BCUT2D eigenvalue weighted by atomic mass is 32.2. The summed E-state index contributed by atoms with van der Waals surface area (Å²) in [4.78, 5) is 5.83. The van der Waals surface area contributed by atoms with E-state index in [9.17, 15) is 13.0 Å². The van der Waals surface area contributed by atoms with Crippen molar-refractivity contribution in [1.29, 1.82) is 0 Å². The van der Waals surface area contributed by atoms with E-state index >= 15 is 0 Å². The van der Waals surface area contributed by atoms with Gasteiger partial charge in [0.15, 0.2) is 14.7 Å². The lowest BCUT2D eigenvalue weighted by molar-refractivity contribution is 0.218. The van der Waals surface area contributed by atoms with E-state index in [2.05, 4.69) is 172 Å². The number of ether oxygens (including phenoxy) is 2. The molecule has 0 saturated heterocycles. The molecule has 0 heterocycles. The normalized spacial score (nSPS) is 12.2. The third-order valence-electron chi connectivity index (χ3n) is 9.56. The third-order valence-corrected chi connectivity index (χ3v) is 13.7. The smallest absolute Gasteiger partial charge is 0.170 e. The maximum absolute atomic E-state index is 10.4. The molecule has 59 heavy (non-hydrogen) atoms. The molecule has 0 aromatic heterocycles. The molecule has 0 N–H and O–H groups in total. The van der Waals surface area contributed by atoms with Crippen LogP contribution in [0.15, 0.2) is 205 Å². The highest BCUT2D eigenvalue weighted by molar-refractivity contribution is 7.99. The highest BCUT2D eigenvalue weighted by Crippen LogP contribution is 2.42. The minimum atomic E-state index is -4.27. The molecule has 0 bridgehead atoms. The van der Waals surface area contributed by atoms with E-state index in [-0.39, 0.29) is 21.9 Å². The van der Waals surface area contributed by atoms with Crippen LogP contribution in [0.1, 0.15) is 45.6 Å². The van der Waals surface area contributed by atoms with Crippen molar-refractivity contribution in [2.45, 2.75) is 82.4 Å². The summed E-state index contributed by atoms with van der Waals surface area (Å²) in [5.74, 6) is 1.86.